The Morgan fingerprint density at radius 1 is 0.909 bits per heavy atom. The molecule has 0 aliphatic rings. The van der Waals surface area contributed by atoms with Crippen LogP contribution < -0.4 is 6.15 Å². The summed E-state index contributed by atoms with van der Waals surface area (Å²) in [5, 5.41) is 32.5. The van der Waals surface area contributed by atoms with Gasteiger partial charge in [-0.25, -0.2) is 9.59 Å². The fourth-order valence-corrected chi connectivity index (χ4v) is 0.270. The van der Waals surface area contributed by atoms with Gasteiger partial charge in [0.1, 0.15) is 0 Å². The molecule has 0 spiro atoms. The first kappa shape index (κ1) is 12.5. The van der Waals surface area contributed by atoms with Gasteiger partial charge in [-0.15, -0.1) is 0 Å². The Balaban J connectivity index is 0. The molecule has 0 aromatic rings. The van der Waals surface area contributed by atoms with E-state index in [1.807, 2.05) is 0 Å². The Kier molecular flexibility index (Phi) is 5.23. The van der Waals surface area contributed by atoms with Gasteiger partial charge in [-0.3, -0.25) is 0 Å². The lowest BCUT2D eigenvalue weighted by molar-refractivity contribution is -0.165. The molecule has 0 aliphatic carbocycles. The van der Waals surface area contributed by atoms with Crippen LogP contribution in [0.15, 0.2) is 0 Å². The quantitative estimate of drug-likeness (QED) is 0.337. The number of quaternary nitrogens is 1. The van der Waals surface area contributed by atoms with Crippen LogP contribution in [0.4, 0.5) is 0 Å². The maximum Gasteiger partial charge on any atom is 0.335 e. The molecule has 11 heavy (non-hydrogen) atoms. The van der Waals surface area contributed by atoms with Gasteiger partial charge in [0.05, 0.1) is 0 Å². The minimum Gasteiger partial charge on any atom is -0.479 e. The van der Waals surface area contributed by atoms with Crippen LogP contribution >= 0.6 is 0 Å². The van der Waals surface area contributed by atoms with E-state index in [4.69, 9.17) is 20.4 Å². The number of aliphatic hydroxyl groups is 2. The van der Waals surface area contributed by atoms with Crippen molar-refractivity contribution in [3.63, 3.8) is 0 Å². The van der Waals surface area contributed by atoms with E-state index in [2.05, 4.69) is 0 Å². The van der Waals surface area contributed by atoms with Gasteiger partial charge >= 0.3 is 11.9 Å². The summed E-state index contributed by atoms with van der Waals surface area (Å²) in [6.07, 6.45) is -4.53. The topological polar surface area (TPSA) is 152 Å². The lowest BCUT2D eigenvalue weighted by atomic mass is 10.2. The van der Waals surface area contributed by atoms with Crippen LogP contribution in [0.2, 0.25) is 0 Å². The predicted octanol–water partition coefficient (Wildman–Crippen LogP) is -1.75. The Hall–Kier alpha value is -1.18. The van der Waals surface area contributed by atoms with Gasteiger partial charge in [-0.1, -0.05) is 0 Å². The van der Waals surface area contributed by atoms with Crippen LogP contribution in [-0.4, -0.2) is 44.6 Å². The van der Waals surface area contributed by atoms with Crippen molar-refractivity contribution >= 4 is 11.9 Å². The zero-order valence-corrected chi connectivity index (χ0v) is 5.76. The molecule has 0 radical (unpaired) electrons. The first-order valence-electron chi connectivity index (χ1n) is 2.28. The van der Waals surface area contributed by atoms with Crippen molar-refractivity contribution < 1.29 is 30.0 Å². The monoisotopic (exact) mass is 168 g/mol. The summed E-state index contributed by atoms with van der Waals surface area (Å²) >= 11 is 0. The number of hydrogen-bond donors (Lipinski definition) is 5. The molecule has 0 fully saturated rings. The highest BCUT2D eigenvalue weighted by Crippen LogP contribution is 1.92. The minimum absolute atomic E-state index is 0. The van der Waals surface area contributed by atoms with E-state index in [0.29, 0.717) is 0 Å². The van der Waals surface area contributed by atoms with Crippen molar-refractivity contribution in [1.82, 2.24) is 6.15 Å². The summed E-state index contributed by atoms with van der Waals surface area (Å²) in [7, 11) is 0. The normalized spacial score (nSPS) is 14.4. The first-order chi connectivity index (χ1) is 4.46. The van der Waals surface area contributed by atoms with Gasteiger partial charge in [0.25, 0.3) is 0 Å². The van der Waals surface area contributed by atoms with Crippen molar-refractivity contribution in [1.29, 1.82) is 0 Å². The average Bonchev–Trinajstić information content (AvgIpc) is 1.84. The highest BCUT2D eigenvalue weighted by Gasteiger charge is 2.29. The van der Waals surface area contributed by atoms with Crippen LogP contribution in [0.3, 0.4) is 0 Å². The standard InChI is InChI=1S/C4H6O6.H3N/c5-1(3(7)8)2(6)4(9)10;/h1-2,5-6H,(H,7,8)(H,9,10);1H3/p+1/t1-,2-;/m1./s1. The second kappa shape index (κ2) is 4.61. The number of hydrogen-bond acceptors (Lipinski definition) is 4. The number of aliphatic hydroxyl groups excluding tert-OH is 2. The first-order valence-corrected chi connectivity index (χ1v) is 2.28. The Bertz CT molecular complexity index is 139. The number of carbonyl (C=O) groups is 2. The number of aliphatic carboxylic acids is 2. The van der Waals surface area contributed by atoms with E-state index < -0.39 is 24.1 Å². The van der Waals surface area contributed by atoms with E-state index in [0.717, 1.165) is 0 Å². The molecule has 0 bridgehead atoms. The molecule has 0 unspecified atom stereocenters. The minimum atomic E-state index is -2.27. The van der Waals surface area contributed by atoms with Crippen molar-refractivity contribution in [2.45, 2.75) is 12.2 Å². The van der Waals surface area contributed by atoms with Crippen LogP contribution in [0, 0.1) is 0 Å². The van der Waals surface area contributed by atoms with Crippen LogP contribution in [0.25, 0.3) is 0 Å². The molecule has 66 valence electrons. The Morgan fingerprint density at radius 2 is 1.09 bits per heavy atom. The molecule has 0 heterocycles. The largest absolute Gasteiger partial charge is 0.479 e. The molecule has 0 saturated carbocycles. The highest BCUT2D eigenvalue weighted by atomic mass is 16.4. The van der Waals surface area contributed by atoms with E-state index in [9.17, 15) is 9.59 Å². The van der Waals surface area contributed by atoms with Crippen molar-refractivity contribution in [3.05, 3.63) is 0 Å². The summed E-state index contributed by atoms with van der Waals surface area (Å²) < 4.78 is 0. The van der Waals surface area contributed by atoms with Crippen molar-refractivity contribution in [2.75, 3.05) is 0 Å². The Labute approximate surface area is 61.5 Å². The zero-order chi connectivity index (χ0) is 8.31. The van der Waals surface area contributed by atoms with Gasteiger partial charge < -0.3 is 26.6 Å². The SMILES string of the molecule is O=C(O)[C@H](O)[C@@H](O)C(=O)O.[NH4+]. The summed E-state index contributed by atoms with van der Waals surface area (Å²) in [6, 6.07) is 0. The maximum absolute atomic E-state index is 9.77. The van der Waals surface area contributed by atoms with Crippen molar-refractivity contribution in [3.8, 4) is 0 Å². The predicted molar refractivity (Wildman–Crippen MR) is 33.3 cm³/mol. The van der Waals surface area contributed by atoms with E-state index in [-0.39, 0.29) is 6.15 Å². The number of carboxylic acids is 2. The highest BCUT2D eigenvalue weighted by molar-refractivity contribution is 5.82. The molecule has 0 aromatic carbocycles. The molecule has 7 nitrogen and oxygen atoms in total. The summed E-state index contributed by atoms with van der Waals surface area (Å²) in [5.74, 6) is -3.54. The molecule has 0 aliphatic heterocycles. The summed E-state index contributed by atoms with van der Waals surface area (Å²) in [4.78, 5) is 19.5. The van der Waals surface area contributed by atoms with Gasteiger partial charge in [0.2, 0.25) is 0 Å². The maximum atomic E-state index is 9.77. The van der Waals surface area contributed by atoms with E-state index in [1.54, 1.807) is 0 Å². The lowest BCUT2D eigenvalue weighted by Gasteiger charge is -2.07. The third-order valence-corrected chi connectivity index (χ3v) is 0.805. The van der Waals surface area contributed by atoms with Crippen LogP contribution in [0.1, 0.15) is 0 Å². The van der Waals surface area contributed by atoms with Gasteiger partial charge in [-0.05, 0) is 0 Å². The van der Waals surface area contributed by atoms with Gasteiger partial charge in [0.15, 0.2) is 12.2 Å². The lowest BCUT2D eigenvalue weighted by Crippen LogP contribution is -2.39. The molecule has 8 N–H and O–H groups in total. The molecule has 0 amide bonds. The third-order valence-electron chi connectivity index (χ3n) is 0.805. The van der Waals surface area contributed by atoms with Gasteiger partial charge in [0, 0.05) is 0 Å². The molecule has 0 saturated heterocycles. The molecule has 0 aromatic heterocycles. The van der Waals surface area contributed by atoms with E-state index >= 15 is 0 Å². The van der Waals surface area contributed by atoms with E-state index in [1.165, 1.54) is 0 Å². The van der Waals surface area contributed by atoms with Crippen LogP contribution in [-0.2, 0) is 9.59 Å². The molecular weight excluding hydrogens is 158 g/mol. The second-order valence-corrected chi connectivity index (χ2v) is 1.57. The molecular formula is C4H10NO6+. The second-order valence-electron chi connectivity index (χ2n) is 1.57. The molecule has 0 rings (SSSR count). The smallest absolute Gasteiger partial charge is 0.335 e. The fourth-order valence-electron chi connectivity index (χ4n) is 0.270. The van der Waals surface area contributed by atoms with Crippen molar-refractivity contribution in [2.24, 2.45) is 0 Å². The average molecular weight is 168 g/mol. The summed E-state index contributed by atoms with van der Waals surface area (Å²) in [6.45, 7) is 0. The zero-order valence-electron chi connectivity index (χ0n) is 5.76. The fraction of sp³-hybridized carbons (Fsp3) is 0.500. The van der Waals surface area contributed by atoms with Gasteiger partial charge in [-0.2, -0.15) is 0 Å². The molecule has 2 atom stereocenters. The molecule has 7 heteroatoms. The number of rotatable bonds is 3. The van der Waals surface area contributed by atoms with Crippen LogP contribution in [0.5, 0.6) is 0 Å². The third kappa shape index (κ3) is 3.50. The Morgan fingerprint density at radius 3 is 1.18 bits per heavy atom. The summed E-state index contributed by atoms with van der Waals surface area (Å²) in [5.41, 5.74) is 0. The number of carboxylic acid groups (broad SMARTS) is 2.